The summed E-state index contributed by atoms with van der Waals surface area (Å²) in [6, 6.07) is 18.5. The zero-order chi connectivity index (χ0) is 23.6. The standard InChI is InChI=1S/C27H32BNO4/c1-26(2)27(3,4)33-28(32-26)22-17-21(15-19-7-11-23(30-5)12-8-19)25(29-18-22)16-20-9-13-24(31-6)14-10-20/h7-14,17-18H,15-16H2,1-6H3. The Bertz CT molecular complexity index is 1080. The molecule has 1 saturated heterocycles. The summed E-state index contributed by atoms with van der Waals surface area (Å²) in [6.07, 6.45) is 3.38. The molecule has 3 aromatic rings. The fourth-order valence-corrected chi connectivity index (χ4v) is 3.88. The molecular formula is C27H32BNO4. The zero-order valence-corrected chi connectivity index (χ0v) is 20.3. The van der Waals surface area contributed by atoms with Gasteiger partial charge >= 0.3 is 7.12 Å². The van der Waals surface area contributed by atoms with E-state index in [1.165, 1.54) is 11.1 Å². The van der Waals surface area contributed by atoms with Crippen molar-refractivity contribution in [1.82, 2.24) is 4.98 Å². The molecule has 0 atom stereocenters. The molecule has 1 fully saturated rings. The molecule has 2 aromatic carbocycles. The van der Waals surface area contributed by atoms with Gasteiger partial charge in [-0.3, -0.25) is 4.98 Å². The zero-order valence-electron chi connectivity index (χ0n) is 20.3. The molecule has 172 valence electrons. The van der Waals surface area contributed by atoms with Gasteiger partial charge in [0.25, 0.3) is 0 Å². The number of aromatic nitrogens is 1. The summed E-state index contributed by atoms with van der Waals surface area (Å²) < 4.78 is 23.2. The van der Waals surface area contributed by atoms with Gasteiger partial charge in [0.1, 0.15) is 11.5 Å². The third-order valence-corrected chi connectivity index (χ3v) is 6.69. The summed E-state index contributed by atoms with van der Waals surface area (Å²) in [7, 11) is 2.92. The van der Waals surface area contributed by atoms with Gasteiger partial charge in [-0.1, -0.05) is 30.3 Å². The molecule has 4 rings (SSSR count). The Labute approximate surface area is 197 Å². The highest BCUT2D eigenvalue weighted by Gasteiger charge is 2.51. The van der Waals surface area contributed by atoms with Gasteiger partial charge < -0.3 is 18.8 Å². The number of rotatable bonds is 7. The largest absolute Gasteiger partial charge is 0.497 e. The summed E-state index contributed by atoms with van der Waals surface area (Å²) in [5.41, 5.74) is 4.72. The molecule has 2 heterocycles. The number of methoxy groups -OCH3 is 2. The first-order chi connectivity index (χ1) is 15.7. The smallest absolute Gasteiger partial charge is 0.496 e. The van der Waals surface area contributed by atoms with E-state index < -0.39 is 18.3 Å². The normalized spacial score (nSPS) is 16.6. The quantitative estimate of drug-likeness (QED) is 0.499. The fraction of sp³-hybridized carbons (Fsp3) is 0.370. The lowest BCUT2D eigenvalue weighted by Gasteiger charge is -2.32. The lowest BCUT2D eigenvalue weighted by atomic mass is 9.78. The molecule has 0 N–H and O–H groups in total. The van der Waals surface area contributed by atoms with E-state index in [4.69, 9.17) is 23.8 Å². The summed E-state index contributed by atoms with van der Waals surface area (Å²) in [6.45, 7) is 8.26. The number of nitrogens with zero attached hydrogens (tertiary/aromatic N) is 1. The van der Waals surface area contributed by atoms with E-state index >= 15 is 0 Å². The lowest BCUT2D eigenvalue weighted by Crippen LogP contribution is -2.41. The summed E-state index contributed by atoms with van der Waals surface area (Å²) >= 11 is 0. The molecule has 0 spiro atoms. The minimum absolute atomic E-state index is 0.393. The third kappa shape index (κ3) is 5.07. The average molecular weight is 445 g/mol. The molecule has 6 heteroatoms. The average Bonchev–Trinajstić information content (AvgIpc) is 3.02. The first-order valence-electron chi connectivity index (χ1n) is 11.3. The van der Waals surface area contributed by atoms with Crippen molar-refractivity contribution in [2.45, 2.75) is 51.7 Å². The molecule has 1 aromatic heterocycles. The molecule has 0 saturated carbocycles. The van der Waals surface area contributed by atoms with Crippen molar-refractivity contribution in [3.05, 3.63) is 83.2 Å². The van der Waals surface area contributed by atoms with E-state index in [1.54, 1.807) is 14.2 Å². The van der Waals surface area contributed by atoms with Crippen molar-refractivity contribution < 1.29 is 18.8 Å². The van der Waals surface area contributed by atoms with Crippen molar-refractivity contribution in [3.63, 3.8) is 0 Å². The van der Waals surface area contributed by atoms with Gasteiger partial charge in [0.2, 0.25) is 0 Å². The summed E-state index contributed by atoms with van der Waals surface area (Å²) in [4.78, 5) is 4.87. The maximum absolute atomic E-state index is 6.28. The molecular weight excluding hydrogens is 413 g/mol. The van der Waals surface area contributed by atoms with Gasteiger partial charge in [0, 0.05) is 23.8 Å². The van der Waals surface area contributed by atoms with Crippen molar-refractivity contribution >= 4 is 12.6 Å². The first kappa shape index (κ1) is 23.3. The van der Waals surface area contributed by atoms with Crippen LogP contribution in [0.4, 0.5) is 0 Å². The SMILES string of the molecule is COc1ccc(Cc2cc(B3OC(C)(C)C(C)(C)O3)cnc2Cc2ccc(OC)cc2)cc1. The Hall–Kier alpha value is -2.83. The topological polar surface area (TPSA) is 49.8 Å². The Morgan fingerprint density at radius 1 is 0.758 bits per heavy atom. The predicted molar refractivity (Wildman–Crippen MR) is 132 cm³/mol. The highest BCUT2D eigenvalue weighted by Crippen LogP contribution is 2.36. The van der Waals surface area contributed by atoms with Crippen molar-refractivity contribution in [1.29, 1.82) is 0 Å². The van der Waals surface area contributed by atoms with Gasteiger partial charge in [0.05, 0.1) is 25.4 Å². The van der Waals surface area contributed by atoms with E-state index in [0.29, 0.717) is 0 Å². The maximum Gasteiger partial charge on any atom is 0.496 e. The van der Waals surface area contributed by atoms with Crippen LogP contribution >= 0.6 is 0 Å². The minimum atomic E-state index is -0.438. The molecule has 1 aliphatic heterocycles. The Kier molecular flexibility index (Phi) is 6.51. The molecule has 0 radical (unpaired) electrons. The Morgan fingerprint density at radius 3 is 1.73 bits per heavy atom. The van der Waals surface area contributed by atoms with Crippen LogP contribution in [0.3, 0.4) is 0 Å². The minimum Gasteiger partial charge on any atom is -0.497 e. The van der Waals surface area contributed by atoms with E-state index in [0.717, 1.165) is 41.1 Å². The van der Waals surface area contributed by atoms with Crippen molar-refractivity contribution in [2.75, 3.05) is 14.2 Å². The third-order valence-electron chi connectivity index (χ3n) is 6.69. The number of pyridine rings is 1. The molecule has 33 heavy (non-hydrogen) atoms. The van der Waals surface area contributed by atoms with Crippen LogP contribution in [-0.2, 0) is 22.2 Å². The lowest BCUT2D eigenvalue weighted by molar-refractivity contribution is 0.00578. The van der Waals surface area contributed by atoms with Crippen LogP contribution in [0.1, 0.15) is 50.1 Å². The van der Waals surface area contributed by atoms with Crippen LogP contribution in [0.25, 0.3) is 0 Å². The number of hydrogen-bond acceptors (Lipinski definition) is 5. The van der Waals surface area contributed by atoms with Gasteiger partial charge in [-0.2, -0.15) is 0 Å². The maximum atomic E-state index is 6.28. The van der Waals surface area contributed by atoms with Crippen LogP contribution in [0.15, 0.2) is 60.8 Å². The second-order valence-corrected chi connectivity index (χ2v) is 9.51. The molecule has 5 nitrogen and oxygen atoms in total. The number of hydrogen-bond donors (Lipinski definition) is 0. The Balaban J connectivity index is 1.66. The predicted octanol–water partition coefficient (Wildman–Crippen LogP) is 4.58. The highest BCUT2D eigenvalue weighted by atomic mass is 16.7. The van der Waals surface area contributed by atoms with Gasteiger partial charge in [-0.05, 0) is 75.1 Å². The number of ether oxygens (including phenoxy) is 2. The first-order valence-corrected chi connectivity index (χ1v) is 11.3. The van der Waals surface area contributed by atoms with Gasteiger partial charge in [0.15, 0.2) is 0 Å². The molecule has 0 unspecified atom stereocenters. The molecule has 0 bridgehead atoms. The van der Waals surface area contributed by atoms with Crippen LogP contribution < -0.4 is 14.9 Å². The van der Waals surface area contributed by atoms with Gasteiger partial charge in [-0.15, -0.1) is 0 Å². The van der Waals surface area contributed by atoms with E-state index in [9.17, 15) is 0 Å². The van der Waals surface area contributed by atoms with Crippen LogP contribution in [0.5, 0.6) is 11.5 Å². The second kappa shape index (κ2) is 9.20. The van der Waals surface area contributed by atoms with Crippen molar-refractivity contribution in [3.8, 4) is 11.5 Å². The molecule has 0 aliphatic carbocycles. The number of benzene rings is 2. The molecule has 1 aliphatic rings. The van der Waals surface area contributed by atoms with E-state index in [1.807, 2.05) is 30.5 Å². The summed E-state index contributed by atoms with van der Waals surface area (Å²) in [5, 5.41) is 0. The second-order valence-electron chi connectivity index (χ2n) is 9.51. The van der Waals surface area contributed by atoms with E-state index in [-0.39, 0.29) is 0 Å². The van der Waals surface area contributed by atoms with E-state index in [2.05, 4.69) is 58.0 Å². The monoisotopic (exact) mass is 445 g/mol. The molecule has 0 amide bonds. The fourth-order valence-electron chi connectivity index (χ4n) is 3.88. The summed E-state index contributed by atoms with van der Waals surface area (Å²) in [5.74, 6) is 1.70. The van der Waals surface area contributed by atoms with Crippen LogP contribution in [0.2, 0.25) is 0 Å². The van der Waals surface area contributed by atoms with Crippen LogP contribution in [-0.4, -0.2) is 37.5 Å². The van der Waals surface area contributed by atoms with Crippen LogP contribution in [0, 0.1) is 0 Å². The Morgan fingerprint density at radius 2 is 1.24 bits per heavy atom. The van der Waals surface area contributed by atoms with Gasteiger partial charge in [-0.25, -0.2) is 0 Å². The van der Waals surface area contributed by atoms with Crippen molar-refractivity contribution in [2.24, 2.45) is 0 Å². The highest BCUT2D eigenvalue weighted by molar-refractivity contribution is 6.62.